The molecule has 1 fully saturated rings. The van der Waals surface area contributed by atoms with Gasteiger partial charge in [0.1, 0.15) is 11.1 Å². The predicted molar refractivity (Wildman–Crippen MR) is 86.3 cm³/mol. The molecule has 5 heteroatoms. The summed E-state index contributed by atoms with van der Waals surface area (Å²) in [7, 11) is 0. The van der Waals surface area contributed by atoms with E-state index in [2.05, 4.69) is 12.1 Å². The maximum Gasteiger partial charge on any atom is 0.123 e. The first-order chi connectivity index (χ1) is 9.88. The lowest BCUT2D eigenvalue weighted by Crippen LogP contribution is -2.15. The minimum atomic E-state index is 0.146. The molecule has 2 heterocycles. The third kappa shape index (κ3) is 3.06. The first-order valence-electron chi connectivity index (χ1n) is 6.83. The van der Waals surface area contributed by atoms with Crippen molar-refractivity contribution >= 4 is 23.1 Å². The van der Waals surface area contributed by atoms with Crippen LogP contribution in [0.2, 0.25) is 0 Å². The van der Waals surface area contributed by atoms with Gasteiger partial charge in [0.2, 0.25) is 0 Å². The zero-order chi connectivity index (χ0) is 13.8. The average Bonchev–Trinajstić information content (AvgIpc) is 2.94. The lowest BCUT2D eigenvalue weighted by Gasteiger charge is -2.19. The Kier molecular flexibility index (Phi) is 4.73. The van der Waals surface area contributed by atoms with Gasteiger partial charge in [-0.1, -0.05) is 30.3 Å². The largest absolute Gasteiger partial charge is 0.369 e. The predicted octanol–water partition coefficient (Wildman–Crippen LogP) is 3.12. The molecule has 1 saturated heterocycles. The van der Waals surface area contributed by atoms with Gasteiger partial charge in [-0.15, -0.1) is 11.3 Å². The number of ether oxygens (including phenoxy) is 1. The van der Waals surface area contributed by atoms with Crippen LogP contribution in [0.4, 0.5) is 0 Å². The molecule has 1 aromatic carbocycles. The Labute approximate surface area is 127 Å². The van der Waals surface area contributed by atoms with Crippen molar-refractivity contribution in [3.05, 3.63) is 40.2 Å². The van der Waals surface area contributed by atoms with Crippen molar-refractivity contribution in [3.8, 4) is 11.3 Å². The van der Waals surface area contributed by atoms with Crippen LogP contribution in [0.25, 0.3) is 11.3 Å². The smallest absolute Gasteiger partial charge is 0.123 e. The van der Waals surface area contributed by atoms with Gasteiger partial charge in [0.25, 0.3) is 0 Å². The summed E-state index contributed by atoms with van der Waals surface area (Å²) in [6.45, 7) is 1.48. The van der Waals surface area contributed by atoms with E-state index < -0.39 is 0 Å². The summed E-state index contributed by atoms with van der Waals surface area (Å²) in [6, 6.07) is 10.3. The van der Waals surface area contributed by atoms with Gasteiger partial charge >= 0.3 is 0 Å². The van der Waals surface area contributed by atoms with Crippen LogP contribution in [-0.4, -0.2) is 29.6 Å². The number of aromatic nitrogens is 1. The quantitative estimate of drug-likeness (QED) is 0.943. The Balaban J connectivity index is 1.93. The summed E-state index contributed by atoms with van der Waals surface area (Å²) in [5, 5.41) is 1.10. The molecular weight excluding hydrogens is 288 g/mol. The van der Waals surface area contributed by atoms with Crippen molar-refractivity contribution in [2.24, 2.45) is 5.73 Å². The lowest BCUT2D eigenvalue weighted by molar-refractivity contribution is 0.0756. The summed E-state index contributed by atoms with van der Waals surface area (Å²) in [5.41, 5.74) is 7.99. The molecule has 20 heavy (non-hydrogen) atoms. The number of hydrogen-bond acceptors (Lipinski definition) is 5. The van der Waals surface area contributed by atoms with Gasteiger partial charge < -0.3 is 10.5 Å². The SMILES string of the molecule is NCCc1sc(C2CSCCO2)nc1-c1ccccc1. The Morgan fingerprint density at radius 2 is 2.15 bits per heavy atom. The van der Waals surface area contributed by atoms with Crippen LogP contribution in [0.1, 0.15) is 16.0 Å². The fourth-order valence-corrected chi connectivity index (χ4v) is 4.37. The second kappa shape index (κ2) is 6.72. The summed E-state index contributed by atoms with van der Waals surface area (Å²) >= 11 is 3.70. The molecule has 2 N–H and O–H groups in total. The topological polar surface area (TPSA) is 48.1 Å². The average molecular weight is 306 g/mol. The zero-order valence-electron chi connectivity index (χ0n) is 11.2. The Hall–Kier alpha value is -0.880. The molecule has 0 amide bonds. The van der Waals surface area contributed by atoms with Crippen molar-refractivity contribution in [1.29, 1.82) is 0 Å². The first kappa shape index (κ1) is 14.1. The van der Waals surface area contributed by atoms with E-state index in [0.717, 1.165) is 35.2 Å². The van der Waals surface area contributed by atoms with E-state index in [9.17, 15) is 0 Å². The summed E-state index contributed by atoms with van der Waals surface area (Å²) in [6.07, 6.45) is 1.02. The molecule has 1 aromatic heterocycles. The van der Waals surface area contributed by atoms with Crippen LogP contribution in [-0.2, 0) is 11.2 Å². The highest BCUT2D eigenvalue weighted by Gasteiger charge is 2.22. The Morgan fingerprint density at radius 3 is 2.85 bits per heavy atom. The Bertz CT molecular complexity index is 550. The van der Waals surface area contributed by atoms with Crippen LogP contribution >= 0.6 is 23.1 Å². The maximum atomic E-state index is 5.84. The molecule has 106 valence electrons. The second-order valence-electron chi connectivity index (χ2n) is 4.66. The number of nitrogens with two attached hydrogens (primary N) is 1. The highest BCUT2D eigenvalue weighted by molar-refractivity contribution is 7.99. The normalized spacial score (nSPS) is 19.1. The number of benzene rings is 1. The van der Waals surface area contributed by atoms with Gasteiger partial charge in [0, 0.05) is 21.9 Å². The highest BCUT2D eigenvalue weighted by atomic mass is 32.2. The van der Waals surface area contributed by atoms with Gasteiger partial charge in [-0.3, -0.25) is 0 Å². The van der Waals surface area contributed by atoms with Crippen molar-refractivity contribution in [2.75, 3.05) is 24.7 Å². The minimum Gasteiger partial charge on any atom is -0.369 e. The zero-order valence-corrected chi connectivity index (χ0v) is 12.9. The van der Waals surface area contributed by atoms with Gasteiger partial charge in [-0.25, -0.2) is 4.98 Å². The molecule has 2 aromatic rings. The van der Waals surface area contributed by atoms with Crippen LogP contribution in [0.3, 0.4) is 0 Å². The molecule has 0 radical (unpaired) electrons. The van der Waals surface area contributed by atoms with E-state index >= 15 is 0 Å². The van der Waals surface area contributed by atoms with Crippen molar-refractivity contribution in [2.45, 2.75) is 12.5 Å². The maximum absolute atomic E-state index is 5.84. The fraction of sp³-hybridized carbons (Fsp3) is 0.400. The number of thioether (sulfide) groups is 1. The molecule has 0 saturated carbocycles. The number of thiazole rings is 1. The van der Waals surface area contributed by atoms with Crippen molar-refractivity contribution < 1.29 is 4.74 Å². The van der Waals surface area contributed by atoms with Crippen LogP contribution in [0, 0.1) is 0 Å². The molecule has 1 aliphatic rings. The number of nitrogens with zero attached hydrogens (tertiary/aromatic N) is 1. The monoisotopic (exact) mass is 306 g/mol. The molecule has 3 nitrogen and oxygen atoms in total. The molecule has 0 bridgehead atoms. The van der Waals surface area contributed by atoms with E-state index in [4.69, 9.17) is 15.5 Å². The fourth-order valence-electron chi connectivity index (χ4n) is 2.26. The van der Waals surface area contributed by atoms with Gasteiger partial charge in [0.05, 0.1) is 12.3 Å². The highest BCUT2D eigenvalue weighted by Crippen LogP contribution is 2.35. The van der Waals surface area contributed by atoms with Crippen LogP contribution in [0.5, 0.6) is 0 Å². The van der Waals surface area contributed by atoms with Crippen molar-refractivity contribution in [3.63, 3.8) is 0 Å². The van der Waals surface area contributed by atoms with Gasteiger partial charge in [-0.05, 0) is 13.0 Å². The third-order valence-corrected chi connectivity index (χ3v) is 5.42. The summed E-state index contributed by atoms with van der Waals surface area (Å²) in [4.78, 5) is 6.12. The summed E-state index contributed by atoms with van der Waals surface area (Å²) < 4.78 is 5.84. The second-order valence-corrected chi connectivity index (χ2v) is 6.93. The first-order valence-corrected chi connectivity index (χ1v) is 8.80. The third-order valence-electron chi connectivity index (χ3n) is 3.22. The van der Waals surface area contributed by atoms with E-state index in [1.807, 2.05) is 30.0 Å². The van der Waals surface area contributed by atoms with Gasteiger partial charge in [0.15, 0.2) is 0 Å². The molecule has 1 aliphatic heterocycles. The molecule has 3 rings (SSSR count). The molecule has 0 aliphatic carbocycles. The standard InChI is InChI=1S/C15H18N2OS2/c16-7-6-13-14(11-4-2-1-3-5-11)17-15(20-13)12-10-19-9-8-18-12/h1-5,12H,6-10,16H2. The molecule has 1 unspecified atom stereocenters. The van der Waals surface area contributed by atoms with Gasteiger partial charge in [-0.2, -0.15) is 11.8 Å². The van der Waals surface area contributed by atoms with E-state index in [-0.39, 0.29) is 6.10 Å². The van der Waals surface area contributed by atoms with Crippen LogP contribution in [0.15, 0.2) is 30.3 Å². The van der Waals surface area contributed by atoms with Crippen molar-refractivity contribution in [1.82, 2.24) is 4.98 Å². The van der Waals surface area contributed by atoms with E-state index in [1.54, 1.807) is 11.3 Å². The minimum absolute atomic E-state index is 0.146. The molecule has 1 atom stereocenters. The molecular formula is C15H18N2OS2. The lowest BCUT2D eigenvalue weighted by atomic mass is 10.1. The molecule has 0 spiro atoms. The Morgan fingerprint density at radius 1 is 1.30 bits per heavy atom. The number of rotatable bonds is 4. The van der Waals surface area contributed by atoms with E-state index in [1.165, 1.54) is 10.4 Å². The van der Waals surface area contributed by atoms with Crippen LogP contribution < -0.4 is 5.73 Å². The number of hydrogen-bond donors (Lipinski definition) is 1. The summed E-state index contributed by atoms with van der Waals surface area (Å²) in [5.74, 6) is 2.09. The van der Waals surface area contributed by atoms with E-state index in [0.29, 0.717) is 6.54 Å².